The Kier molecular flexibility index (Phi) is 4.87. The zero-order valence-electron chi connectivity index (χ0n) is 13.9. The molecule has 8 heteroatoms. The van der Waals surface area contributed by atoms with Crippen LogP contribution in [-0.2, 0) is 11.2 Å². The lowest BCUT2D eigenvalue weighted by Gasteiger charge is -2.21. The average Bonchev–Trinajstić information content (AvgIpc) is 3.11. The van der Waals surface area contributed by atoms with Crippen molar-refractivity contribution in [3.05, 3.63) is 41.7 Å². The van der Waals surface area contributed by atoms with Crippen LogP contribution < -0.4 is 5.73 Å². The second-order valence-electron chi connectivity index (χ2n) is 6.08. The number of carboxylic acid groups (broad SMARTS) is 1. The summed E-state index contributed by atoms with van der Waals surface area (Å²) in [6, 6.07) is 9.53. The van der Waals surface area contributed by atoms with Crippen LogP contribution >= 0.6 is 0 Å². The fourth-order valence-electron chi connectivity index (χ4n) is 3.11. The molecule has 0 saturated heterocycles. The topological polar surface area (TPSA) is 131 Å². The minimum absolute atomic E-state index is 0.366. The highest BCUT2D eigenvalue weighted by molar-refractivity contribution is 5.80. The molecular formula is C17H20N6O2. The Labute approximate surface area is 144 Å². The molecule has 8 nitrogen and oxygen atoms in total. The number of pyridine rings is 1. The molecule has 2 unspecified atom stereocenters. The molecule has 0 aliphatic carbocycles. The lowest BCUT2D eigenvalue weighted by molar-refractivity contribution is -0.142. The van der Waals surface area contributed by atoms with E-state index in [0.717, 1.165) is 22.9 Å². The first kappa shape index (κ1) is 16.8. The van der Waals surface area contributed by atoms with Crippen molar-refractivity contribution in [1.82, 2.24) is 25.6 Å². The van der Waals surface area contributed by atoms with Gasteiger partial charge in [-0.2, -0.15) is 5.21 Å². The van der Waals surface area contributed by atoms with Gasteiger partial charge in [-0.05, 0) is 36.6 Å². The molecule has 0 saturated carbocycles. The van der Waals surface area contributed by atoms with Gasteiger partial charge in [0, 0.05) is 11.3 Å². The summed E-state index contributed by atoms with van der Waals surface area (Å²) in [5.41, 5.74) is 7.50. The van der Waals surface area contributed by atoms with E-state index in [1.54, 1.807) is 6.07 Å². The number of hydrogen-bond acceptors (Lipinski definition) is 6. The van der Waals surface area contributed by atoms with Crippen molar-refractivity contribution in [3.63, 3.8) is 0 Å². The van der Waals surface area contributed by atoms with Crippen LogP contribution in [0.5, 0.6) is 0 Å². The number of anilines is 1. The van der Waals surface area contributed by atoms with E-state index in [-0.39, 0.29) is 5.92 Å². The summed E-state index contributed by atoms with van der Waals surface area (Å²) in [5.74, 6) is -0.920. The van der Waals surface area contributed by atoms with Crippen molar-refractivity contribution < 1.29 is 9.90 Å². The maximum atomic E-state index is 11.8. The number of aliphatic carboxylic acids is 1. The van der Waals surface area contributed by atoms with Crippen molar-refractivity contribution in [2.75, 3.05) is 5.73 Å². The van der Waals surface area contributed by atoms with Crippen molar-refractivity contribution in [3.8, 4) is 0 Å². The highest BCUT2D eigenvalue weighted by Gasteiger charge is 2.32. The van der Waals surface area contributed by atoms with Crippen molar-refractivity contribution in [2.45, 2.75) is 32.1 Å². The van der Waals surface area contributed by atoms with E-state index in [4.69, 9.17) is 5.73 Å². The van der Waals surface area contributed by atoms with E-state index in [0.29, 0.717) is 24.5 Å². The number of carboxylic acids is 1. The maximum absolute atomic E-state index is 11.8. The number of nitrogens with one attached hydrogen (secondary N) is 1. The fraction of sp³-hybridized carbons (Fsp3) is 0.353. The predicted molar refractivity (Wildman–Crippen MR) is 92.8 cm³/mol. The molecule has 2 aromatic heterocycles. The van der Waals surface area contributed by atoms with Crippen LogP contribution in [0.3, 0.4) is 0 Å². The third-order valence-corrected chi connectivity index (χ3v) is 4.33. The first-order valence-corrected chi connectivity index (χ1v) is 8.19. The second-order valence-corrected chi connectivity index (χ2v) is 6.08. The molecule has 3 aromatic rings. The smallest absolute Gasteiger partial charge is 0.307 e. The average molecular weight is 340 g/mol. The van der Waals surface area contributed by atoms with Crippen LogP contribution in [0.25, 0.3) is 10.9 Å². The Morgan fingerprint density at radius 3 is 2.80 bits per heavy atom. The van der Waals surface area contributed by atoms with Crippen LogP contribution in [0, 0.1) is 5.92 Å². The molecule has 0 aliphatic heterocycles. The molecule has 2 heterocycles. The van der Waals surface area contributed by atoms with E-state index in [9.17, 15) is 9.90 Å². The third-order valence-electron chi connectivity index (χ3n) is 4.33. The number of rotatable bonds is 7. The van der Waals surface area contributed by atoms with Crippen LogP contribution in [0.15, 0.2) is 30.3 Å². The van der Waals surface area contributed by atoms with E-state index in [1.165, 1.54) is 0 Å². The van der Waals surface area contributed by atoms with Crippen LogP contribution in [0.2, 0.25) is 0 Å². The molecule has 4 N–H and O–H groups in total. The van der Waals surface area contributed by atoms with Crippen LogP contribution in [0.1, 0.15) is 37.1 Å². The van der Waals surface area contributed by atoms with Gasteiger partial charge in [-0.15, -0.1) is 10.2 Å². The van der Waals surface area contributed by atoms with Gasteiger partial charge in [0.2, 0.25) is 0 Å². The van der Waals surface area contributed by atoms with E-state index >= 15 is 0 Å². The zero-order valence-corrected chi connectivity index (χ0v) is 13.9. The number of H-pyrrole nitrogens is 1. The van der Waals surface area contributed by atoms with Gasteiger partial charge in [0.05, 0.1) is 11.4 Å². The Morgan fingerprint density at radius 1 is 1.32 bits per heavy atom. The summed E-state index contributed by atoms with van der Waals surface area (Å²) in [6.45, 7) is 1.96. The number of nitrogen functional groups attached to an aromatic ring is 1. The molecule has 0 spiro atoms. The van der Waals surface area contributed by atoms with Crippen LogP contribution in [0.4, 0.5) is 5.82 Å². The number of tetrazole rings is 1. The number of hydrogen-bond donors (Lipinski definition) is 3. The number of aromatic amines is 1. The molecule has 0 bridgehead atoms. The highest BCUT2D eigenvalue weighted by atomic mass is 16.4. The number of carbonyl (C=O) groups is 1. The number of nitrogens with zero attached hydrogens (tertiary/aromatic N) is 4. The lowest BCUT2D eigenvalue weighted by Crippen LogP contribution is -2.25. The van der Waals surface area contributed by atoms with Gasteiger partial charge >= 0.3 is 5.97 Å². The van der Waals surface area contributed by atoms with Gasteiger partial charge in [-0.3, -0.25) is 4.79 Å². The van der Waals surface area contributed by atoms with Gasteiger partial charge in [0.25, 0.3) is 0 Å². The lowest BCUT2D eigenvalue weighted by atomic mass is 9.83. The Balaban J connectivity index is 1.95. The number of aromatic nitrogens is 5. The maximum Gasteiger partial charge on any atom is 0.307 e. The Bertz CT molecular complexity index is 865. The van der Waals surface area contributed by atoms with Gasteiger partial charge in [-0.1, -0.05) is 30.7 Å². The standard InChI is InChI=1S/C17H20N6O2/c1-2-3-12(17(24)25)13(16-20-22-23-21-16)8-10-4-5-11-6-7-15(18)19-14(11)9-10/h4-7,9,12-13H,2-3,8H2,1H3,(H2,18,19)(H,24,25)(H,20,21,22,23). The first-order chi connectivity index (χ1) is 12.1. The molecule has 2 atom stereocenters. The molecule has 0 amide bonds. The Morgan fingerprint density at radius 2 is 2.12 bits per heavy atom. The zero-order chi connectivity index (χ0) is 17.8. The summed E-state index contributed by atoms with van der Waals surface area (Å²) in [5, 5.41) is 24.7. The van der Waals surface area contributed by atoms with Gasteiger partial charge in [-0.25, -0.2) is 4.98 Å². The number of nitrogens with two attached hydrogens (primary N) is 1. The van der Waals surface area contributed by atoms with E-state index in [1.807, 2.05) is 31.2 Å². The molecule has 130 valence electrons. The summed E-state index contributed by atoms with van der Waals surface area (Å²) in [4.78, 5) is 16.1. The molecule has 0 radical (unpaired) electrons. The van der Waals surface area contributed by atoms with Crippen molar-refractivity contribution in [1.29, 1.82) is 0 Å². The Hall–Kier alpha value is -3.03. The molecule has 25 heavy (non-hydrogen) atoms. The molecule has 0 fully saturated rings. The summed E-state index contributed by atoms with van der Waals surface area (Å²) < 4.78 is 0. The normalized spacial score (nSPS) is 13.6. The van der Waals surface area contributed by atoms with Gasteiger partial charge < -0.3 is 10.8 Å². The fourth-order valence-corrected chi connectivity index (χ4v) is 3.11. The summed E-state index contributed by atoms with van der Waals surface area (Å²) in [6.07, 6.45) is 1.80. The van der Waals surface area contributed by atoms with Crippen molar-refractivity contribution in [2.24, 2.45) is 5.92 Å². The van der Waals surface area contributed by atoms with Gasteiger partial charge in [0.1, 0.15) is 5.82 Å². The minimum Gasteiger partial charge on any atom is -0.481 e. The molecule has 0 aliphatic rings. The number of fused-ring (bicyclic) bond motifs is 1. The van der Waals surface area contributed by atoms with Crippen LogP contribution in [-0.4, -0.2) is 36.7 Å². The highest BCUT2D eigenvalue weighted by Crippen LogP contribution is 2.30. The van der Waals surface area contributed by atoms with Gasteiger partial charge in [0.15, 0.2) is 5.82 Å². The van der Waals surface area contributed by atoms with E-state index in [2.05, 4.69) is 25.6 Å². The SMILES string of the molecule is CCCC(C(=O)O)C(Cc1ccc2ccc(N)nc2c1)c1nn[nH]n1. The summed E-state index contributed by atoms with van der Waals surface area (Å²) >= 11 is 0. The number of benzene rings is 1. The first-order valence-electron chi connectivity index (χ1n) is 8.19. The molecule has 3 rings (SSSR count). The minimum atomic E-state index is -0.847. The molecule has 1 aromatic carbocycles. The summed E-state index contributed by atoms with van der Waals surface area (Å²) in [7, 11) is 0. The second kappa shape index (κ2) is 7.25. The monoisotopic (exact) mass is 340 g/mol. The quantitative estimate of drug-likeness (QED) is 0.600. The predicted octanol–water partition coefficient (Wildman–Crippen LogP) is 2.16. The largest absolute Gasteiger partial charge is 0.481 e. The third kappa shape index (κ3) is 3.73. The van der Waals surface area contributed by atoms with E-state index < -0.39 is 11.9 Å². The van der Waals surface area contributed by atoms with Crippen molar-refractivity contribution >= 4 is 22.7 Å². The molecular weight excluding hydrogens is 320 g/mol.